The molecule has 0 unspecified atom stereocenters. The molecule has 0 amide bonds. The molecule has 0 saturated heterocycles. The molecule has 1 aromatic heterocycles. The molecule has 0 aliphatic carbocycles. The Hall–Kier alpha value is -1.72. The van der Waals surface area contributed by atoms with Crippen molar-refractivity contribution in [3.63, 3.8) is 0 Å². The summed E-state index contributed by atoms with van der Waals surface area (Å²) in [5.74, 6) is 0.226. The fourth-order valence-corrected chi connectivity index (χ4v) is 1.32. The average molecular weight is 211 g/mol. The molecule has 6 heteroatoms. The van der Waals surface area contributed by atoms with Gasteiger partial charge in [-0.05, 0) is 6.42 Å². The fraction of sp³-hybridized carbons (Fsp3) is 0.556. The number of oxime groups is 1. The quantitative estimate of drug-likeness (QED) is 0.287. The lowest BCUT2D eigenvalue weighted by atomic mass is 10.3. The number of nitrogens with one attached hydrogen (secondary N) is 1. The van der Waals surface area contributed by atoms with Crippen LogP contribution >= 0.6 is 0 Å². The van der Waals surface area contributed by atoms with Gasteiger partial charge < -0.3 is 16.3 Å². The van der Waals surface area contributed by atoms with Gasteiger partial charge in [-0.2, -0.15) is 5.10 Å². The molecular formula is C9H17N5O. The molecule has 0 atom stereocenters. The summed E-state index contributed by atoms with van der Waals surface area (Å²) < 4.78 is 1.77. The largest absolute Gasteiger partial charge is 0.409 e. The third-order valence-electron chi connectivity index (χ3n) is 2.07. The minimum Gasteiger partial charge on any atom is -0.409 e. The first-order valence-electron chi connectivity index (χ1n) is 4.90. The van der Waals surface area contributed by atoms with Crippen LogP contribution in [0.25, 0.3) is 0 Å². The minimum absolute atomic E-state index is 0.226. The van der Waals surface area contributed by atoms with E-state index in [2.05, 4.69) is 22.5 Å². The Labute approximate surface area is 88.8 Å². The summed E-state index contributed by atoms with van der Waals surface area (Å²) in [4.78, 5) is 0. The fourth-order valence-electron chi connectivity index (χ4n) is 1.32. The molecule has 4 N–H and O–H groups in total. The van der Waals surface area contributed by atoms with E-state index in [0.717, 1.165) is 17.8 Å². The van der Waals surface area contributed by atoms with Crippen molar-refractivity contribution in [1.29, 1.82) is 0 Å². The second kappa shape index (κ2) is 5.23. The van der Waals surface area contributed by atoms with Crippen LogP contribution in [0.2, 0.25) is 0 Å². The van der Waals surface area contributed by atoms with Gasteiger partial charge in [-0.3, -0.25) is 4.68 Å². The minimum atomic E-state index is 0.226. The van der Waals surface area contributed by atoms with Crippen LogP contribution in [0.1, 0.15) is 19.0 Å². The zero-order valence-corrected chi connectivity index (χ0v) is 9.06. The van der Waals surface area contributed by atoms with Crippen LogP contribution in [0.3, 0.4) is 0 Å². The van der Waals surface area contributed by atoms with Crippen molar-refractivity contribution in [3.05, 3.63) is 11.9 Å². The van der Waals surface area contributed by atoms with Gasteiger partial charge in [0.1, 0.15) is 5.84 Å². The van der Waals surface area contributed by atoms with Crippen molar-refractivity contribution in [2.75, 3.05) is 11.9 Å². The Kier molecular flexibility index (Phi) is 3.96. The number of anilines is 1. The van der Waals surface area contributed by atoms with E-state index < -0.39 is 0 Å². The van der Waals surface area contributed by atoms with Gasteiger partial charge in [0.2, 0.25) is 0 Å². The standard InChI is InChI=1S/C9H17N5O/c1-3-7-8(6-14(2)12-7)11-5-4-9(10)13-15/h6,11,15H,3-5H2,1-2H3,(H2,10,13). The molecule has 0 aliphatic rings. The second-order valence-electron chi connectivity index (χ2n) is 3.28. The van der Waals surface area contributed by atoms with Crippen LogP contribution in [0.4, 0.5) is 5.69 Å². The molecule has 6 nitrogen and oxygen atoms in total. The second-order valence-corrected chi connectivity index (χ2v) is 3.28. The van der Waals surface area contributed by atoms with Gasteiger partial charge in [-0.15, -0.1) is 0 Å². The van der Waals surface area contributed by atoms with Crippen LogP contribution in [0, 0.1) is 0 Å². The molecule has 84 valence electrons. The van der Waals surface area contributed by atoms with E-state index in [0.29, 0.717) is 13.0 Å². The summed E-state index contributed by atoms with van der Waals surface area (Å²) in [6.45, 7) is 2.69. The van der Waals surface area contributed by atoms with E-state index in [1.165, 1.54) is 0 Å². The number of rotatable bonds is 5. The summed E-state index contributed by atoms with van der Waals surface area (Å²) in [7, 11) is 1.88. The molecule has 0 aliphatic heterocycles. The maximum atomic E-state index is 8.36. The van der Waals surface area contributed by atoms with Crippen LogP contribution < -0.4 is 11.1 Å². The average Bonchev–Trinajstić information content (AvgIpc) is 2.58. The van der Waals surface area contributed by atoms with E-state index >= 15 is 0 Å². The number of nitrogens with zero attached hydrogens (tertiary/aromatic N) is 3. The van der Waals surface area contributed by atoms with Gasteiger partial charge >= 0.3 is 0 Å². The predicted octanol–water partition coefficient (Wildman–Crippen LogP) is 0.531. The van der Waals surface area contributed by atoms with Crippen LogP contribution in [0.5, 0.6) is 0 Å². The topological polar surface area (TPSA) is 88.5 Å². The van der Waals surface area contributed by atoms with Crippen molar-refractivity contribution in [2.24, 2.45) is 17.9 Å². The highest BCUT2D eigenvalue weighted by atomic mass is 16.4. The lowest BCUT2D eigenvalue weighted by molar-refractivity contribution is 0.317. The summed E-state index contributed by atoms with van der Waals surface area (Å²) in [6.07, 6.45) is 3.31. The number of hydrogen-bond acceptors (Lipinski definition) is 4. The molecule has 15 heavy (non-hydrogen) atoms. The molecule has 1 rings (SSSR count). The number of nitrogens with two attached hydrogens (primary N) is 1. The van der Waals surface area contributed by atoms with E-state index in [9.17, 15) is 0 Å². The Balaban J connectivity index is 2.49. The number of aromatic nitrogens is 2. The Bertz CT molecular complexity index is 344. The summed E-state index contributed by atoms with van der Waals surface area (Å²) in [5, 5.41) is 18.7. The Morgan fingerprint density at radius 1 is 1.73 bits per heavy atom. The summed E-state index contributed by atoms with van der Waals surface area (Å²) in [5.41, 5.74) is 7.38. The number of hydrogen-bond donors (Lipinski definition) is 3. The molecule has 0 aromatic carbocycles. The highest BCUT2D eigenvalue weighted by molar-refractivity contribution is 5.80. The first-order chi connectivity index (χ1) is 7.17. The molecule has 1 aromatic rings. The van der Waals surface area contributed by atoms with Crippen molar-refractivity contribution < 1.29 is 5.21 Å². The SMILES string of the molecule is CCc1nn(C)cc1NCC/C(N)=N/O. The number of amidine groups is 1. The van der Waals surface area contributed by atoms with Gasteiger partial charge in [-0.25, -0.2) is 0 Å². The first-order valence-corrected chi connectivity index (χ1v) is 4.90. The van der Waals surface area contributed by atoms with Crippen LogP contribution in [-0.4, -0.2) is 27.4 Å². The van der Waals surface area contributed by atoms with Crippen LogP contribution in [0.15, 0.2) is 11.4 Å². The molecule has 0 fully saturated rings. The van der Waals surface area contributed by atoms with E-state index in [1.54, 1.807) is 4.68 Å². The van der Waals surface area contributed by atoms with E-state index in [4.69, 9.17) is 10.9 Å². The molecule has 0 radical (unpaired) electrons. The molecule has 0 bridgehead atoms. The highest BCUT2D eigenvalue weighted by Gasteiger charge is 2.04. The lowest BCUT2D eigenvalue weighted by Gasteiger charge is -2.03. The zero-order chi connectivity index (χ0) is 11.3. The monoisotopic (exact) mass is 211 g/mol. The van der Waals surface area contributed by atoms with Gasteiger partial charge in [-0.1, -0.05) is 12.1 Å². The third kappa shape index (κ3) is 3.16. The van der Waals surface area contributed by atoms with Crippen molar-refractivity contribution in [2.45, 2.75) is 19.8 Å². The summed E-state index contributed by atoms with van der Waals surface area (Å²) >= 11 is 0. The number of aryl methyl sites for hydroxylation is 2. The summed E-state index contributed by atoms with van der Waals surface area (Å²) in [6, 6.07) is 0. The maximum Gasteiger partial charge on any atom is 0.140 e. The van der Waals surface area contributed by atoms with Gasteiger partial charge in [0.15, 0.2) is 0 Å². The first kappa shape index (κ1) is 11.4. The Morgan fingerprint density at radius 2 is 2.47 bits per heavy atom. The van der Waals surface area contributed by atoms with E-state index in [1.807, 2.05) is 13.2 Å². The predicted molar refractivity (Wildman–Crippen MR) is 59.1 cm³/mol. The maximum absolute atomic E-state index is 8.36. The van der Waals surface area contributed by atoms with Crippen LogP contribution in [-0.2, 0) is 13.5 Å². The zero-order valence-electron chi connectivity index (χ0n) is 9.06. The molecule has 0 saturated carbocycles. The smallest absolute Gasteiger partial charge is 0.140 e. The third-order valence-corrected chi connectivity index (χ3v) is 2.07. The Morgan fingerprint density at radius 3 is 3.07 bits per heavy atom. The van der Waals surface area contributed by atoms with Crippen molar-refractivity contribution in [1.82, 2.24) is 9.78 Å². The molecule has 0 spiro atoms. The van der Waals surface area contributed by atoms with Crippen molar-refractivity contribution in [3.8, 4) is 0 Å². The van der Waals surface area contributed by atoms with E-state index in [-0.39, 0.29) is 5.84 Å². The highest BCUT2D eigenvalue weighted by Crippen LogP contribution is 2.13. The normalized spacial score (nSPS) is 11.7. The van der Waals surface area contributed by atoms with Gasteiger partial charge in [0.25, 0.3) is 0 Å². The molecular weight excluding hydrogens is 194 g/mol. The van der Waals surface area contributed by atoms with Gasteiger partial charge in [0, 0.05) is 26.2 Å². The molecule has 1 heterocycles. The lowest BCUT2D eigenvalue weighted by Crippen LogP contribution is -2.16. The van der Waals surface area contributed by atoms with Gasteiger partial charge in [0.05, 0.1) is 11.4 Å². The van der Waals surface area contributed by atoms with Crippen molar-refractivity contribution >= 4 is 11.5 Å².